The van der Waals surface area contributed by atoms with Gasteiger partial charge in [-0.05, 0) is 79.2 Å². The Morgan fingerprint density at radius 1 is 0.537 bits per heavy atom. The third-order valence-electron chi connectivity index (χ3n) is 7.40. The first-order valence-corrected chi connectivity index (χ1v) is 17.3. The van der Waals surface area contributed by atoms with Crippen LogP contribution in [0, 0.1) is 7.14 Å². The molecule has 0 atom stereocenters. The van der Waals surface area contributed by atoms with E-state index in [1.165, 1.54) is 24.3 Å². The predicted octanol–water partition coefficient (Wildman–Crippen LogP) is 5.90. The molecule has 0 aliphatic carbocycles. The molecule has 5 heteroatoms. The first kappa shape index (κ1) is 29.5. The second-order valence-electron chi connectivity index (χ2n) is 12.5. The van der Waals surface area contributed by atoms with Crippen LogP contribution < -0.4 is 21.2 Å². The molecule has 6 aromatic carbocycles. The maximum Gasteiger partial charge on any atom is 0.357 e. The van der Waals surface area contributed by atoms with Gasteiger partial charge in [-0.25, -0.2) is 8.42 Å². The molecule has 6 rings (SSSR count). The lowest BCUT2D eigenvalue weighted by molar-refractivity contribution is -0.597. The van der Waals surface area contributed by atoms with Crippen LogP contribution in [0.5, 0.6) is 0 Å². The summed E-state index contributed by atoms with van der Waals surface area (Å²) in [5.74, 6) is 0. The van der Waals surface area contributed by atoms with Gasteiger partial charge >= 0.3 is 21.2 Å². The molecule has 0 aromatic heterocycles. The summed E-state index contributed by atoms with van der Waals surface area (Å²) in [4.78, 5) is -0.150. The Morgan fingerprint density at radius 2 is 0.951 bits per heavy atom. The minimum Gasteiger partial charge on any atom is -0.744 e. The maximum absolute atomic E-state index is 11.4. The number of halogens is 1. The summed E-state index contributed by atoms with van der Waals surface area (Å²) in [5, 5.41) is 5.38. The maximum atomic E-state index is 11.4. The summed E-state index contributed by atoms with van der Waals surface area (Å²) in [6.45, 7) is 13.6. The summed E-state index contributed by atoms with van der Waals surface area (Å²) in [7, 11) is -4.48. The van der Waals surface area contributed by atoms with E-state index >= 15 is 0 Å². The molecule has 0 radical (unpaired) electrons. The van der Waals surface area contributed by atoms with E-state index in [0.717, 1.165) is 26.9 Å². The molecule has 0 aliphatic heterocycles. The second kappa shape index (κ2) is 11.0. The molecular formula is C36H35IO3S. The van der Waals surface area contributed by atoms with E-state index in [4.69, 9.17) is 0 Å². The van der Waals surface area contributed by atoms with Crippen LogP contribution in [0.1, 0.15) is 52.7 Å². The zero-order valence-corrected chi connectivity index (χ0v) is 27.3. The van der Waals surface area contributed by atoms with Crippen LogP contribution in [-0.4, -0.2) is 13.0 Å². The van der Waals surface area contributed by atoms with Crippen molar-refractivity contribution in [2.75, 3.05) is 0 Å². The van der Waals surface area contributed by atoms with Crippen molar-refractivity contribution in [3.8, 4) is 0 Å². The summed E-state index contributed by atoms with van der Waals surface area (Å²) in [5.41, 5.74) is 3.31. The van der Waals surface area contributed by atoms with Gasteiger partial charge in [-0.2, -0.15) is 0 Å². The van der Waals surface area contributed by atoms with Crippen molar-refractivity contribution in [3.05, 3.63) is 121 Å². The largest absolute Gasteiger partial charge is 0.744 e. The molecular weight excluding hydrogens is 639 g/mol. The zero-order chi connectivity index (χ0) is 29.6. The molecule has 0 saturated carbocycles. The molecule has 0 saturated heterocycles. The summed E-state index contributed by atoms with van der Waals surface area (Å²) in [6, 6.07) is 35.0. The van der Waals surface area contributed by atoms with E-state index in [2.05, 4.69) is 90.1 Å². The number of benzene rings is 6. The van der Waals surface area contributed by atoms with Crippen LogP contribution in [0.15, 0.2) is 108 Å². The molecule has 0 amide bonds. The fourth-order valence-electron chi connectivity index (χ4n) is 5.08. The lowest BCUT2D eigenvalue weighted by Gasteiger charge is -2.18. The van der Waals surface area contributed by atoms with Gasteiger partial charge in [0, 0.05) is 5.39 Å². The van der Waals surface area contributed by atoms with Gasteiger partial charge in [-0.15, -0.1) is 0 Å². The fraction of sp³-hybridized carbons (Fsp3) is 0.222. The van der Waals surface area contributed by atoms with Gasteiger partial charge in [0.25, 0.3) is 0 Å². The molecule has 0 unspecified atom stereocenters. The molecule has 0 spiro atoms. The topological polar surface area (TPSA) is 57.2 Å². The Kier molecular flexibility index (Phi) is 7.92. The van der Waals surface area contributed by atoms with Gasteiger partial charge < -0.3 is 4.55 Å². The van der Waals surface area contributed by atoms with Crippen molar-refractivity contribution < 1.29 is 34.2 Å². The van der Waals surface area contributed by atoms with Crippen molar-refractivity contribution in [2.24, 2.45) is 0 Å². The van der Waals surface area contributed by atoms with Crippen molar-refractivity contribution in [1.82, 2.24) is 0 Å². The van der Waals surface area contributed by atoms with Crippen molar-refractivity contribution in [2.45, 2.75) is 57.3 Å². The van der Waals surface area contributed by atoms with E-state index in [-0.39, 0.29) is 36.9 Å². The lowest BCUT2D eigenvalue weighted by Crippen LogP contribution is -3.61. The molecule has 0 N–H and O–H groups in total. The molecule has 3 nitrogen and oxygen atoms in total. The van der Waals surface area contributed by atoms with Gasteiger partial charge in [0.05, 0.1) is 4.90 Å². The minimum atomic E-state index is -4.48. The van der Waals surface area contributed by atoms with E-state index < -0.39 is 10.1 Å². The lowest BCUT2D eigenvalue weighted by atomic mass is 9.87. The summed E-state index contributed by atoms with van der Waals surface area (Å²) >= 11 is -0.0703. The van der Waals surface area contributed by atoms with E-state index in [1.54, 1.807) is 12.1 Å². The third kappa shape index (κ3) is 6.42. The molecule has 210 valence electrons. The predicted molar refractivity (Wildman–Crippen MR) is 166 cm³/mol. The molecule has 0 bridgehead atoms. The van der Waals surface area contributed by atoms with Crippen LogP contribution in [0.3, 0.4) is 0 Å². The average molecular weight is 675 g/mol. The zero-order valence-electron chi connectivity index (χ0n) is 24.3. The highest BCUT2D eigenvalue weighted by Gasteiger charge is 2.20. The molecule has 0 heterocycles. The quantitative estimate of drug-likeness (QED) is 0.134. The number of hydrogen-bond acceptors (Lipinski definition) is 3. The van der Waals surface area contributed by atoms with Crippen LogP contribution in [0.2, 0.25) is 0 Å². The second-order valence-corrected chi connectivity index (χ2v) is 16.9. The van der Waals surface area contributed by atoms with E-state index in [1.807, 2.05) is 36.4 Å². The monoisotopic (exact) mass is 674 g/mol. The first-order chi connectivity index (χ1) is 19.2. The van der Waals surface area contributed by atoms with Gasteiger partial charge in [0.1, 0.15) is 10.1 Å². The van der Waals surface area contributed by atoms with Crippen LogP contribution >= 0.6 is 0 Å². The highest BCUT2D eigenvalue weighted by molar-refractivity contribution is 7.86. The Bertz CT molecular complexity index is 1860. The summed E-state index contributed by atoms with van der Waals surface area (Å²) in [6.07, 6.45) is 0. The van der Waals surface area contributed by atoms with Crippen molar-refractivity contribution in [1.29, 1.82) is 0 Å². The third-order valence-corrected chi connectivity index (χ3v) is 11.0. The SMILES string of the molecule is CC(C)(C)c1ccc([I+]c2ccc(C(C)(C)C)cc2)cc1.O=S(=O)([O-])c1ccc2ccc3cccc4ccc1c2c34. The van der Waals surface area contributed by atoms with Gasteiger partial charge in [-0.1, -0.05) is 114 Å². The molecule has 0 fully saturated rings. The van der Waals surface area contributed by atoms with E-state index in [9.17, 15) is 13.0 Å². The van der Waals surface area contributed by atoms with Crippen molar-refractivity contribution in [3.63, 3.8) is 0 Å². The van der Waals surface area contributed by atoms with Crippen LogP contribution in [0.4, 0.5) is 0 Å². The molecule has 6 aromatic rings. The highest BCUT2D eigenvalue weighted by Crippen LogP contribution is 2.37. The van der Waals surface area contributed by atoms with E-state index in [0.29, 0.717) is 5.39 Å². The number of hydrogen-bond donors (Lipinski definition) is 0. The van der Waals surface area contributed by atoms with Gasteiger partial charge in [0.2, 0.25) is 0 Å². The minimum absolute atomic E-state index is 0.0703. The highest BCUT2D eigenvalue weighted by atomic mass is 127. The Labute approximate surface area is 254 Å². The van der Waals surface area contributed by atoms with Crippen LogP contribution in [0.25, 0.3) is 32.3 Å². The smallest absolute Gasteiger partial charge is 0.357 e. The first-order valence-electron chi connectivity index (χ1n) is 13.7. The Balaban J connectivity index is 0.000000165. The van der Waals surface area contributed by atoms with Gasteiger partial charge in [0.15, 0.2) is 7.14 Å². The Hall–Kier alpha value is -3.00. The van der Waals surface area contributed by atoms with Crippen LogP contribution in [-0.2, 0) is 20.9 Å². The fourth-order valence-corrected chi connectivity index (χ4v) is 7.91. The Morgan fingerprint density at radius 3 is 1.39 bits per heavy atom. The molecule has 41 heavy (non-hydrogen) atoms. The van der Waals surface area contributed by atoms with Gasteiger partial charge in [-0.3, -0.25) is 0 Å². The molecule has 0 aliphatic rings. The van der Waals surface area contributed by atoms with Crippen molar-refractivity contribution >= 4 is 42.4 Å². The normalized spacial score (nSPS) is 12.6. The summed E-state index contributed by atoms with van der Waals surface area (Å²) < 4.78 is 37.3. The number of rotatable bonds is 3. The average Bonchev–Trinajstić information content (AvgIpc) is 2.91. The standard InChI is InChI=1S/C20H26I.C16H10O3S/c1-19(2,3)15-7-11-17(12-8-15)21-18-13-9-16(10-14-18)20(4,5)6;17-20(18,19)14-9-7-12-5-4-10-2-1-3-11-6-8-13(14)16(12)15(10)11/h7-14H,1-6H3;1-9H,(H,17,18,19)/q+1;/p-1.